The lowest BCUT2D eigenvalue weighted by Gasteiger charge is -2.27. The molecule has 4 nitrogen and oxygen atoms in total. The summed E-state index contributed by atoms with van der Waals surface area (Å²) in [6, 6.07) is 27.9. The minimum Gasteiger partial charge on any atom is -0.477 e. The summed E-state index contributed by atoms with van der Waals surface area (Å²) >= 11 is 0. The number of benzene rings is 3. The van der Waals surface area contributed by atoms with Gasteiger partial charge in [-0.1, -0.05) is 67.1 Å². The molecule has 1 fully saturated rings. The molecular formula is C29H24N2O2. The van der Waals surface area contributed by atoms with Crippen LogP contribution in [0.5, 0.6) is 0 Å². The van der Waals surface area contributed by atoms with Crippen LogP contribution in [-0.4, -0.2) is 17.1 Å². The second-order valence-electron chi connectivity index (χ2n) is 8.56. The average Bonchev–Trinajstić information content (AvgIpc) is 3.43. The topological polar surface area (TPSA) is 64.3 Å². The molecule has 1 N–H and O–H groups in total. The number of nitrogens with zero attached hydrogens (tertiary/aromatic N) is 2. The molecule has 2 unspecified atom stereocenters. The highest BCUT2D eigenvalue weighted by Gasteiger charge is 2.41. The molecule has 0 spiro atoms. The number of hydrogen-bond acceptors (Lipinski definition) is 3. The molecule has 1 aliphatic heterocycles. The monoisotopic (exact) mass is 432 g/mol. The molecule has 1 aliphatic carbocycles. The number of anilines is 2. The summed E-state index contributed by atoms with van der Waals surface area (Å²) in [7, 11) is 0. The number of aliphatic carboxylic acids is 1. The van der Waals surface area contributed by atoms with Crippen LogP contribution in [0.2, 0.25) is 0 Å². The zero-order valence-corrected chi connectivity index (χ0v) is 18.2. The van der Waals surface area contributed by atoms with Crippen molar-refractivity contribution in [1.82, 2.24) is 0 Å². The van der Waals surface area contributed by atoms with Gasteiger partial charge in [0.2, 0.25) is 0 Å². The molecule has 33 heavy (non-hydrogen) atoms. The van der Waals surface area contributed by atoms with E-state index in [4.69, 9.17) is 10.4 Å². The number of fused-ring (bicyclic) bond motifs is 3. The maximum Gasteiger partial charge on any atom is 0.346 e. The normalized spacial score (nSPS) is 19.4. The molecule has 2 atom stereocenters. The summed E-state index contributed by atoms with van der Waals surface area (Å²) in [4.78, 5) is 13.5. The lowest BCUT2D eigenvalue weighted by Crippen LogP contribution is -2.26. The molecule has 0 amide bonds. The Balaban J connectivity index is 1.45. The van der Waals surface area contributed by atoms with Gasteiger partial charge in [-0.25, -0.2) is 4.79 Å². The first-order valence-corrected chi connectivity index (χ1v) is 11.3. The standard InChI is InChI=1S/C29H24N2O2/c30-19-23(29(32)33)9-4-6-20-12-17-28-26(18-20)25-10-5-11-27(25)31(28)24-15-13-22(14-16-24)21-7-2-1-3-8-21/h1-4,6-9,12-18,25,27H,5,10-11H2,(H,32,33)/b6-4+,23-9+. The Morgan fingerprint density at radius 3 is 2.48 bits per heavy atom. The smallest absolute Gasteiger partial charge is 0.346 e. The van der Waals surface area contributed by atoms with Gasteiger partial charge in [-0.2, -0.15) is 5.26 Å². The fourth-order valence-electron chi connectivity index (χ4n) is 5.17. The zero-order valence-electron chi connectivity index (χ0n) is 18.2. The van der Waals surface area contributed by atoms with Gasteiger partial charge >= 0.3 is 5.97 Å². The van der Waals surface area contributed by atoms with Crippen LogP contribution in [0.1, 0.15) is 36.3 Å². The van der Waals surface area contributed by atoms with Crippen molar-refractivity contribution in [3.63, 3.8) is 0 Å². The van der Waals surface area contributed by atoms with E-state index in [9.17, 15) is 4.79 Å². The SMILES string of the molecule is N#C/C(=C\C=C\c1ccc2c(c1)C1CCCC1N2c1ccc(-c2ccccc2)cc1)C(=O)O. The number of carboxylic acid groups (broad SMARTS) is 1. The molecule has 0 radical (unpaired) electrons. The molecule has 3 aromatic rings. The number of carbonyl (C=O) groups is 1. The van der Waals surface area contributed by atoms with E-state index in [1.54, 1.807) is 12.1 Å². The van der Waals surface area contributed by atoms with E-state index in [-0.39, 0.29) is 5.57 Å². The molecule has 1 heterocycles. The van der Waals surface area contributed by atoms with Gasteiger partial charge in [0.1, 0.15) is 11.6 Å². The number of hydrogen-bond donors (Lipinski definition) is 1. The van der Waals surface area contributed by atoms with Crippen LogP contribution in [0.3, 0.4) is 0 Å². The number of allylic oxidation sites excluding steroid dienone is 2. The minimum absolute atomic E-state index is 0.270. The number of carboxylic acids is 1. The first-order chi connectivity index (χ1) is 16.2. The predicted octanol–water partition coefficient (Wildman–Crippen LogP) is 6.69. The van der Waals surface area contributed by atoms with Crippen molar-refractivity contribution >= 4 is 23.4 Å². The van der Waals surface area contributed by atoms with Crippen molar-refractivity contribution in [1.29, 1.82) is 5.26 Å². The number of nitriles is 1. The fourth-order valence-corrected chi connectivity index (χ4v) is 5.17. The Kier molecular flexibility index (Phi) is 5.54. The van der Waals surface area contributed by atoms with Crippen LogP contribution in [0.4, 0.5) is 11.4 Å². The molecule has 0 aromatic heterocycles. The van der Waals surface area contributed by atoms with Crippen LogP contribution < -0.4 is 4.90 Å². The Morgan fingerprint density at radius 1 is 1.00 bits per heavy atom. The molecule has 0 saturated heterocycles. The van der Waals surface area contributed by atoms with Gasteiger partial charge in [0.05, 0.1) is 0 Å². The van der Waals surface area contributed by atoms with E-state index in [0.29, 0.717) is 12.0 Å². The van der Waals surface area contributed by atoms with Crippen LogP contribution in [-0.2, 0) is 4.79 Å². The summed E-state index contributed by atoms with van der Waals surface area (Å²) in [5.74, 6) is -0.704. The molecule has 0 bridgehead atoms. The van der Waals surface area contributed by atoms with Gasteiger partial charge in [0.15, 0.2) is 0 Å². The maximum atomic E-state index is 11.0. The molecule has 4 heteroatoms. The largest absolute Gasteiger partial charge is 0.477 e. The molecule has 1 saturated carbocycles. The summed E-state index contributed by atoms with van der Waals surface area (Å²) in [6.45, 7) is 0. The van der Waals surface area contributed by atoms with E-state index in [2.05, 4.69) is 71.6 Å². The van der Waals surface area contributed by atoms with Crippen molar-refractivity contribution < 1.29 is 9.90 Å². The molecule has 5 rings (SSSR count). The van der Waals surface area contributed by atoms with Crippen molar-refractivity contribution in [3.05, 3.63) is 102 Å². The molecule has 162 valence electrons. The van der Waals surface area contributed by atoms with E-state index in [1.165, 1.54) is 53.4 Å². The van der Waals surface area contributed by atoms with Crippen molar-refractivity contribution in [3.8, 4) is 17.2 Å². The maximum absolute atomic E-state index is 11.0. The quantitative estimate of drug-likeness (QED) is 0.277. The van der Waals surface area contributed by atoms with Crippen molar-refractivity contribution in [2.24, 2.45) is 0 Å². The lowest BCUT2D eigenvalue weighted by molar-refractivity contribution is -0.132. The summed E-state index contributed by atoms with van der Waals surface area (Å²) < 4.78 is 0. The first kappa shape index (κ1) is 20.8. The Bertz CT molecular complexity index is 1280. The zero-order chi connectivity index (χ0) is 22.8. The second kappa shape index (κ2) is 8.80. The third kappa shape index (κ3) is 3.94. The van der Waals surface area contributed by atoms with Gasteiger partial charge in [-0.3, -0.25) is 0 Å². The van der Waals surface area contributed by atoms with E-state index >= 15 is 0 Å². The Morgan fingerprint density at radius 2 is 1.76 bits per heavy atom. The van der Waals surface area contributed by atoms with E-state index < -0.39 is 5.97 Å². The summed E-state index contributed by atoms with van der Waals surface area (Å²) in [5.41, 5.74) is 7.01. The molecule has 2 aliphatic rings. The third-order valence-electron chi connectivity index (χ3n) is 6.68. The minimum atomic E-state index is -1.21. The predicted molar refractivity (Wildman–Crippen MR) is 131 cm³/mol. The highest BCUT2D eigenvalue weighted by Crippen LogP contribution is 2.52. The van der Waals surface area contributed by atoms with Crippen LogP contribution in [0.15, 0.2) is 90.5 Å². The van der Waals surface area contributed by atoms with Crippen molar-refractivity contribution in [2.45, 2.75) is 31.2 Å². The second-order valence-corrected chi connectivity index (χ2v) is 8.56. The van der Waals surface area contributed by atoms with Crippen molar-refractivity contribution in [2.75, 3.05) is 4.90 Å². The Labute approximate surface area is 193 Å². The molecular weight excluding hydrogens is 408 g/mol. The van der Waals surface area contributed by atoms with Crippen LogP contribution >= 0.6 is 0 Å². The van der Waals surface area contributed by atoms with E-state index in [1.807, 2.05) is 12.1 Å². The van der Waals surface area contributed by atoms with Crippen LogP contribution in [0, 0.1) is 11.3 Å². The number of rotatable bonds is 5. The van der Waals surface area contributed by atoms with Gasteiger partial charge in [-0.15, -0.1) is 0 Å². The van der Waals surface area contributed by atoms with Gasteiger partial charge in [-0.05, 0) is 65.4 Å². The van der Waals surface area contributed by atoms with E-state index in [0.717, 1.165) is 5.56 Å². The lowest BCUT2D eigenvalue weighted by atomic mass is 9.96. The average molecular weight is 433 g/mol. The highest BCUT2D eigenvalue weighted by atomic mass is 16.4. The summed E-state index contributed by atoms with van der Waals surface area (Å²) in [5, 5.41) is 17.9. The Hall–Kier alpha value is -4.10. The summed E-state index contributed by atoms with van der Waals surface area (Å²) in [6.07, 6.45) is 8.42. The third-order valence-corrected chi connectivity index (χ3v) is 6.68. The van der Waals surface area contributed by atoms with Crippen LogP contribution in [0.25, 0.3) is 17.2 Å². The van der Waals surface area contributed by atoms with Gasteiger partial charge in [0, 0.05) is 23.3 Å². The van der Waals surface area contributed by atoms with Gasteiger partial charge in [0.25, 0.3) is 0 Å². The molecule has 3 aromatic carbocycles. The highest BCUT2D eigenvalue weighted by molar-refractivity contribution is 5.91. The van der Waals surface area contributed by atoms with Gasteiger partial charge < -0.3 is 10.0 Å². The first-order valence-electron chi connectivity index (χ1n) is 11.3. The fraction of sp³-hybridized carbons (Fsp3) is 0.172.